The predicted octanol–water partition coefficient (Wildman–Crippen LogP) is 5.72. The summed E-state index contributed by atoms with van der Waals surface area (Å²) in [5.41, 5.74) is 1.67. The van der Waals surface area contributed by atoms with Gasteiger partial charge in [0.05, 0.1) is 5.75 Å². The van der Waals surface area contributed by atoms with Gasteiger partial charge in [-0.15, -0.1) is 10.2 Å². The lowest BCUT2D eigenvalue weighted by Gasteiger charge is -2.11. The van der Waals surface area contributed by atoms with E-state index in [9.17, 15) is 4.79 Å². The van der Waals surface area contributed by atoms with Crippen LogP contribution in [0.2, 0.25) is 5.02 Å². The third-order valence-electron chi connectivity index (χ3n) is 5.02. The summed E-state index contributed by atoms with van der Waals surface area (Å²) < 4.78 is 8.03. The lowest BCUT2D eigenvalue weighted by atomic mass is 10.1. The smallest absolute Gasteiger partial charge is 0.234 e. The van der Waals surface area contributed by atoms with E-state index in [0.29, 0.717) is 34.8 Å². The molecule has 0 unspecified atom stereocenters. The zero-order valence-corrected chi connectivity index (χ0v) is 19.4. The van der Waals surface area contributed by atoms with Crippen molar-refractivity contribution in [2.75, 3.05) is 11.1 Å². The fraction of sp³-hybridized carbons (Fsp3) is 0.208. The topological polar surface area (TPSA) is 69.0 Å². The van der Waals surface area contributed by atoms with Crippen LogP contribution in [0.3, 0.4) is 0 Å². The summed E-state index contributed by atoms with van der Waals surface area (Å²) in [5, 5.41) is 14.9. The Bertz CT molecular complexity index is 1250. The number of nitrogens with zero attached hydrogens (tertiary/aromatic N) is 3. The molecule has 0 spiro atoms. The summed E-state index contributed by atoms with van der Waals surface area (Å²) >= 11 is 7.37. The Morgan fingerprint density at radius 3 is 2.78 bits per heavy atom. The second kappa shape index (κ2) is 10.1. The van der Waals surface area contributed by atoms with Gasteiger partial charge in [-0.05, 0) is 43.0 Å². The van der Waals surface area contributed by atoms with Gasteiger partial charge in [0.15, 0.2) is 11.0 Å². The summed E-state index contributed by atoms with van der Waals surface area (Å²) in [7, 11) is 0. The zero-order chi connectivity index (χ0) is 22.5. The standard InChI is InChI=1S/C24H23ClN4O2S/c1-3-29-22(14-31-21-10-6-8-17-7-4-5-9-19(17)21)27-28-24(29)32-15-23(30)26-20-13-18(25)12-11-16(20)2/h4-13H,3,14-15H2,1-2H3,(H,26,30). The number of aromatic nitrogens is 3. The van der Waals surface area contributed by atoms with Crippen LogP contribution < -0.4 is 10.1 Å². The number of carbonyl (C=O) groups excluding carboxylic acids is 1. The molecule has 0 radical (unpaired) electrons. The molecule has 0 fully saturated rings. The van der Waals surface area contributed by atoms with E-state index in [1.54, 1.807) is 12.1 Å². The maximum atomic E-state index is 12.4. The van der Waals surface area contributed by atoms with Crippen molar-refractivity contribution in [2.24, 2.45) is 0 Å². The molecule has 6 nitrogen and oxygen atoms in total. The first-order chi connectivity index (χ1) is 15.5. The summed E-state index contributed by atoms with van der Waals surface area (Å²) in [6.45, 7) is 4.92. The summed E-state index contributed by atoms with van der Waals surface area (Å²) in [6, 6.07) is 19.5. The SMILES string of the molecule is CCn1c(COc2cccc3ccccc23)nnc1SCC(=O)Nc1cc(Cl)ccc1C. The van der Waals surface area contributed by atoms with Gasteiger partial charge in [0.25, 0.3) is 0 Å². The Hall–Kier alpha value is -3.03. The first-order valence-corrected chi connectivity index (χ1v) is 11.6. The molecule has 1 amide bonds. The fourth-order valence-electron chi connectivity index (χ4n) is 3.36. The third-order valence-corrected chi connectivity index (χ3v) is 6.22. The molecule has 164 valence electrons. The monoisotopic (exact) mass is 466 g/mol. The largest absolute Gasteiger partial charge is 0.485 e. The Balaban J connectivity index is 1.40. The van der Waals surface area contributed by atoms with Gasteiger partial charge < -0.3 is 14.6 Å². The average molecular weight is 467 g/mol. The molecule has 1 N–H and O–H groups in total. The van der Waals surface area contributed by atoms with Crippen LogP contribution in [-0.2, 0) is 17.9 Å². The number of amides is 1. The van der Waals surface area contributed by atoms with E-state index >= 15 is 0 Å². The lowest BCUT2D eigenvalue weighted by molar-refractivity contribution is -0.113. The first kappa shape index (κ1) is 22.2. The van der Waals surface area contributed by atoms with Crippen molar-refractivity contribution in [2.45, 2.75) is 32.2 Å². The normalized spacial score (nSPS) is 11.0. The van der Waals surface area contributed by atoms with Crippen LogP contribution in [0.4, 0.5) is 5.69 Å². The number of fused-ring (bicyclic) bond motifs is 1. The number of nitrogens with one attached hydrogen (secondary N) is 1. The van der Waals surface area contributed by atoms with E-state index in [0.717, 1.165) is 22.1 Å². The van der Waals surface area contributed by atoms with E-state index in [2.05, 4.69) is 27.6 Å². The van der Waals surface area contributed by atoms with E-state index in [-0.39, 0.29) is 11.7 Å². The van der Waals surface area contributed by atoms with Gasteiger partial charge >= 0.3 is 0 Å². The van der Waals surface area contributed by atoms with Crippen LogP contribution in [0.1, 0.15) is 18.3 Å². The molecule has 3 aromatic carbocycles. The fourth-order valence-corrected chi connectivity index (χ4v) is 4.35. The molecule has 0 aliphatic heterocycles. The Kier molecular flexibility index (Phi) is 6.97. The number of rotatable bonds is 8. The second-order valence-corrected chi connectivity index (χ2v) is 8.58. The molecule has 32 heavy (non-hydrogen) atoms. The minimum atomic E-state index is -0.125. The first-order valence-electron chi connectivity index (χ1n) is 10.3. The van der Waals surface area contributed by atoms with Crippen LogP contribution in [0.5, 0.6) is 5.75 Å². The number of carbonyl (C=O) groups is 1. The molecule has 1 heterocycles. The van der Waals surface area contributed by atoms with Gasteiger partial charge in [-0.1, -0.05) is 65.8 Å². The van der Waals surface area contributed by atoms with Crippen molar-refractivity contribution in [3.05, 3.63) is 77.1 Å². The lowest BCUT2D eigenvalue weighted by Crippen LogP contribution is -2.15. The molecule has 4 rings (SSSR count). The average Bonchev–Trinajstić information content (AvgIpc) is 3.20. The predicted molar refractivity (Wildman–Crippen MR) is 130 cm³/mol. The Morgan fingerprint density at radius 2 is 1.94 bits per heavy atom. The molecule has 4 aromatic rings. The number of ether oxygens (including phenoxy) is 1. The molecule has 0 saturated heterocycles. The van der Waals surface area contributed by atoms with Crippen molar-refractivity contribution in [1.29, 1.82) is 0 Å². The maximum Gasteiger partial charge on any atom is 0.234 e. The number of thioether (sulfide) groups is 1. The highest BCUT2D eigenvalue weighted by Gasteiger charge is 2.15. The highest BCUT2D eigenvalue weighted by atomic mass is 35.5. The van der Waals surface area contributed by atoms with Crippen molar-refractivity contribution in [3.63, 3.8) is 0 Å². The third kappa shape index (κ3) is 5.06. The van der Waals surface area contributed by atoms with E-state index in [1.807, 2.05) is 54.8 Å². The Labute approximate surface area is 195 Å². The van der Waals surface area contributed by atoms with Crippen LogP contribution in [0.25, 0.3) is 10.8 Å². The minimum Gasteiger partial charge on any atom is -0.485 e. The molecule has 8 heteroatoms. The summed E-state index contributed by atoms with van der Waals surface area (Å²) in [4.78, 5) is 12.4. The van der Waals surface area contributed by atoms with E-state index in [1.165, 1.54) is 11.8 Å². The molecule has 0 saturated carbocycles. The van der Waals surface area contributed by atoms with Gasteiger partial charge in [-0.2, -0.15) is 0 Å². The molecule has 0 aliphatic carbocycles. The van der Waals surface area contributed by atoms with E-state index in [4.69, 9.17) is 16.3 Å². The summed E-state index contributed by atoms with van der Waals surface area (Å²) in [5.74, 6) is 1.61. The summed E-state index contributed by atoms with van der Waals surface area (Å²) in [6.07, 6.45) is 0. The molecular formula is C24H23ClN4O2S. The van der Waals surface area contributed by atoms with Gasteiger partial charge in [-0.3, -0.25) is 4.79 Å². The van der Waals surface area contributed by atoms with Crippen molar-refractivity contribution in [3.8, 4) is 5.75 Å². The van der Waals surface area contributed by atoms with Crippen molar-refractivity contribution < 1.29 is 9.53 Å². The van der Waals surface area contributed by atoms with Gasteiger partial charge in [-0.25, -0.2) is 0 Å². The zero-order valence-electron chi connectivity index (χ0n) is 17.8. The van der Waals surface area contributed by atoms with Gasteiger partial charge in [0.1, 0.15) is 12.4 Å². The van der Waals surface area contributed by atoms with Crippen LogP contribution in [-0.4, -0.2) is 26.4 Å². The highest BCUT2D eigenvalue weighted by Crippen LogP contribution is 2.26. The second-order valence-electron chi connectivity index (χ2n) is 7.21. The molecule has 0 aliphatic rings. The van der Waals surface area contributed by atoms with Crippen molar-refractivity contribution in [1.82, 2.24) is 14.8 Å². The van der Waals surface area contributed by atoms with Gasteiger partial charge in [0.2, 0.25) is 5.91 Å². The molecular weight excluding hydrogens is 444 g/mol. The minimum absolute atomic E-state index is 0.125. The number of hydrogen-bond acceptors (Lipinski definition) is 5. The van der Waals surface area contributed by atoms with Crippen LogP contribution >= 0.6 is 23.4 Å². The maximum absolute atomic E-state index is 12.4. The molecule has 0 atom stereocenters. The van der Waals surface area contributed by atoms with Gasteiger partial charge in [0, 0.05) is 22.6 Å². The number of anilines is 1. The number of halogens is 1. The molecule has 0 bridgehead atoms. The van der Waals surface area contributed by atoms with Crippen LogP contribution in [0, 0.1) is 6.92 Å². The number of aryl methyl sites for hydroxylation is 1. The Morgan fingerprint density at radius 1 is 1.12 bits per heavy atom. The molecule has 1 aromatic heterocycles. The highest BCUT2D eigenvalue weighted by molar-refractivity contribution is 7.99. The van der Waals surface area contributed by atoms with Crippen LogP contribution in [0.15, 0.2) is 65.8 Å². The quantitative estimate of drug-likeness (QED) is 0.336. The van der Waals surface area contributed by atoms with Crippen molar-refractivity contribution >= 4 is 45.7 Å². The van der Waals surface area contributed by atoms with E-state index < -0.39 is 0 Å². The number of benzene rings is 3. The number of hydrogen-bond donors (Lipinski definition) is 1.